The standard InChI is InChI=1S/C17H35/c1-9-11-15(17(6,7)8)13-10-12-14(2)16(3,4)5/h10,14-15H,9,11-13H2,1-8H3. The molecule has 17 heavy (non-hydrogen) atoms. The lowest BCUT2D eigenvalue weighted by Crippen LogP contribution is -2.22. The van der Waals surface area contributed by atoms with Crippen LogP contribution in [-0.4, -0.2) is 0 Å². The van der Waals surface area contributed by atoms with Gasteiger partial charge in [0.1, 0.15) is 0 Å². The number of hydrogen-bond donors (Lipinski definition) is 0. The molecule has 1 radical (unpaired) electrons. The fourth-order valence-electron chi connectivity index (χ4n) is 2.15. The Labute approximate surface area is 111 Å². The van der Waals surface area contributed by atoms with Crippen molar-refractivity contribution in [1.82, 2.24) is 0 Å². The van der Waals surface area contributed by atoms with Crippen LogP contribution in [0.2, 0.25) is 0 Å². The lowest BCUT2D eigenvalue weighted by molar-refractivity contribution is 0.209. The zero-order chi connectivity index (χ0) is 13.7. The topological polar surface area (TPSA) is 0 Å². The Bertz CT molecular complexity index is 189. The molecule has 0 saturated heterocycles. The van der Waals surface area contributed by atoms with Crippen LogP contribution in [0, 0.1) is 29.1 Å². The third-order valence-electron chi connectivity index (χ3n) is 4.31. The van der Waals surface area contributed by atoms with E-state index >= 15 is 0 Å². The molecule has 0 rings (SSSR count). The maximum Gasteiger partial charge on any atom is -0.0354 e. The van der Waals surface area contributed by atoms with E-state index in [4.69, 9.17) is 0 Å². The highest BCUT2D eigenvalue weighted by Crippen LogP contribution is 2.35. The van der Waals surface area contributed by atoms with Gasteiger partial charge >= 0.3 is 0 Å². The summed E-state index contributed by atoms with van der Waals surface area (Å²) in [6, 6.07) is 0. The lowest BCUT2D eigenvalue weighted by atomic mass is 9.73. The van der Waals surface area contributed by atoms with Crippen molar-refractivity contribution in [2.24, 2.45) is 22.7 Å². The highest BCUT2D eigenvalue weighted by Gasteiger charge is 2.25. The summed E-state index contributed by atoms with van der Waals surface area (Å²) in [6.45, 7) is 18.9. The Hall–Kier alpha value is 0. The highest BCUT2D eigenvalue weighted by molar-refractivity contribution is 4.83. The summed E-state index contributed by atoms with van der Waals surface area (Å²) in [6.07, 6.45) is 7.77. The molecule has 0 saturated carbocycles. The van der Waals surface area contributed by atoms with E-state index in [-0.39, 0.29) is 0 Å². The average Bonchev–Trinajstić information content (AvgIpc) is 2.13. The summed E-state index contributed by atoms with van der Waals surface area (Å²) in [7, 11) is 0. The second-order valence-electron chi connectivity index (χ2n) is 7.88. The molecule has 2 unspecified atom stereocenters. The van der Waals surface area contributed by atoms with E-state index in [2.05, 4.69) is 61.8 Å². The molecule has 0 amide bonds. The van der Waals surface area contributed by atoms with Gasteiger partial charge in [0.15, 0.2) is 0 Å². The maximum atomic E-state index is 2.54. The first-order valence-electron chi connectivity index (χ1n) is 7.40. The van der Waals surface area contributed by atoms with Gasteiger partial charge in [-0.15, -0.1) is 0 Å². The van der Waals surface area contributed by atoms with Gasteiger partial charge in [0, 0.05) is 0 Å². The van der Waals surface area contributed by atoms with Gasteiger partial charge in [-0.1, -0.05) is 68.2 Å². The maximum absolute atomic E-state index is 2.54. The molecule has 0 nitrogen and oxygen atoms in total. The van der Waals surface area contributed by atoms with Gasteiger partial charge in [0.25, 0.3) is 0 Å². The molecule has 0 fully saturated rings. The average molecular weight is 239 g/mol. The van der Waals surface area contributed by atoms with Gasteiger partial charge in [-0.2, -0.15) is 0 Å². The molecule has 103 valence electrons. The van der Waals surface area contributed by atoms with Crippen LogP contribution in [0.4, 0.5) is 0 Å². The molecule has 0 aromatic rings. The van der Waals surface area contributed by atoms with Crippen molar-refractivity contribution in [3.63, 3.8) is 0 Å². The van der Waals surface area contributed by atoms with Crippen molar-refractivity contribution in [3.8, 4) is 0 Å². The van der Waals surface area contributed by atoms with Gasteiger partial charge in [0.2, 0.25) is 0 Å². The van der Waals surface area contributed by atoms with Crippen molar-refractivity contribution in [2.45, 2.75) is 81.1 Å². The van der Waals surface area contributed by atoms with Crippen LogP contribution in [0.25, 0.3) is 0 Å². The molecule has 0 heteroatoms. The van der Waals surface area contributed by atoms with E-state index in [1.165, 1.54) is 25.7 Å². The van der Waals surface area contributed by atoms with E-state index in [9.17, 15) is 0 Å². The van der Waals surface area contributed by atoms with Crippen molar-refractivity contribution < 1.29 is 0 Å². The van der Waals surface area contributed by atoms with Gasteiger partial charge in [-0.3, -0.25) is 0 Å². The largest absolute Gasteiger partial charge is 0.0654 e. The van der Waals surface area contributed by atoms with Gasteiger partial charge in [-0.25, -0.2) is 0 Å². The quantitative estimate of drug-likeness (QED) is 0.524. The second kappa shape index (κ2) is 6.81. The molecule has 2 atom stereocenters. The first-order chi connectivity index (χ1) is 7.59. The zero-order valence-corrected chi connectivity index (χ0v) is 13.6. The smallest absolute Gasteiger partial charge is 0.0354 e. The van der Waals surface area contributed by atoms with Crippen molar-refractivity contribution in [2.75, 3.05) is 0 Å². The van der Waals surface area contributed by atoms with Crippen molar-refractivity contribution in [1.29, 1.82) is 0 Å². The zero-order valence-electron chi connectivity index (χ0n) is 13.6. The predicted molar refractivity (Wildman–Crippen MR) is 80.0 cm³/mol. The number of rotatable bonds is 6. The molecule has 0 aliphatic rings. The number of hydrogen-bond acceptors (Lipinski definition) is 0. The van der Waals surface area contributed by atoms with Crippen LogP contribution in [0.1, 0.15) is 81.1 Å². The van der Waals surface area contributed by atoms with Crippen LogP contribution in [-0.2, 0) is 0 Å². The fourth-order valence-corrected chi connectivity index (χ4v) is 2.15. The fraction of sp³-hybridized carbons (Fsp3) is 0.941. The van der Waals surface area contributed by atoms with Crippen molar-refractivity contribution in [3.05, 3.63) is 6.42 Å². The summed E-state index contributed by atoms with van der Waals surface area (Å²) in [5.41, 5.74) is 0.899. The molecule has 0 heterocycles. The highest BCUT2D eigenvalue weighted by atomic mass is 14.3. The molecule has 0 aromatic carbocycles. The minimum atomic E-state index is 0.443. The van der Waals surface area contributed by atoms with E-state index in [0.717, 1.165) is 11.8 Å². The third-order valence-corrected chi connectivity index (χ3v) is 4.31. The Morgan fingerprint density at radius 2 is 1.41 bits per heavy atom. The SMILES string of the molecule is CCCC(C[CH]CC(C)C(C)(C)C)C(C)(C)C. The van der Waals surface area contributed by atoms with Crippen molar-refractivity contribution >= 4 is 0 Å². The Kier molecular flexibility index (Phi) is 6.81. The minimum Gasteiger partial charge on any atom is -0.0654 e. The van der Waals surface area contributed by atoms with E-state index in [1.807, 2.05) is 0 Å². The van der Waals surface area contributed by atoms with Crippen LogP contribution < -0.4 is 0 Å². The van der Waals surface area contributed by atoms with Crippen LogP contribution in [0.3, 0.4) is 0 Å². The van der Waals surface area contributed by atoms with E-state index in [0.29, 0.717) is 10.8 Å². The molecule has 0 spiro atoms. The van der Waals surface area contributed by atoms with Gasteiger partial charge in [0.05, 0.1) is 0 Å². The molecule has 0 aliphatic heterocycles. The third kappa shape index (κ3) is 7.11. The first kappa shape index (κ1) is 17.0. The summed E-state index contributed by atoms with van der Waals surface area (Å²) < 4.78 is 0. The second-order valence-corrected chi connectivity index (χ2v) is 7.88. The summed E-state index contributed by atoms with van der Waals surface area (Å²) in [5, 5.41) is 0. The lowest BCUT2D eigenvalue weighted by Gasteiger charge is -2.32. The Morgan fingerprint density at radius 1 is 0.882 bits per heavy atom. The Balaban J connectivity index is 4.07. The Morgan fingerprint density at radius 3 is 1.76 bits per heavy atom. The summed E-state index contributed by atoms with van der Waals surface area (Å²) >= 11 is 0. The van der Waals surface area contributed by atoms with Gasteiger partial charge < -0.3 is 0 Å². The minimum absolute atomic E-state index is 0.443. The van der Waals surface area contributed by atoms with Crippen LogP contribution in [0.15, 0.2) is 0 Å². The predicted octanol–water partition coefficient (Wildman–Crippen LogP) is 6.12. The van der Waals surface area contributed by atoms with E-state index in [1.54, 1.807) is 0 Å². The van der Waals surface area contributed by atoms with Crippen LogP contribution in [0.5, 0.6) is 0 Å². The molecular formula is C17H35. The molecule has 0 N–H and O–H groups in total. The summed E-state index contributed by atoms with van der Waals surface area (Å²) in [4.78, 5) is 0. The summed E-state index contributed by atoms with van der Waals surface area (Å²) in [5.74, 6) is 1.63. The molecule has 0 bridgehead atoms. The van der Waals surface area contributed by atoms with Crippen LogP contribution >= 0.6 is 0 Å². The molecule has 0 aromatic heterocycles. The van der Waals surface area contributed by atoms with E-state index < -0.39 is 0 Å². The normalized spacial score (nSPS) is 16.9. The molecule has 0 aliphatic carbocycles. The molecular weight excluding hydrogens is 204 g/mol. The monoisotopic (exact) mass is 239 g/mol. The first-order valence-corrected chi connectivity index (χ1v) is 7.40. The van der Waals surface area contributed by atoms with Gasteiger partial charge in [-0.05, 0) is 41.9 Å².